The maximum Gasteiger partial charge on any atom is 0.419 e. The number of aromatic nitrogens is 1. The van der Waals surface area contributed by atoms with E-state index < -0.39 is 15.8 Å². The maximum atomic E-state index is 12.8. The molecule has 0 amide bonds. The van der Waals surface area contributed by atoms with Crippen LogP contribution in [0, 0.1) is 6.92 Å². The van der Waals surface area contributed by atoms with E-state index in [0.717, 1.165) is 0 Å². The Morgan fingerprint density at radius 2 is 1.96 bits per heavy atom. The molecular formula is C17H18N2O5S. The lowest BCUT2D eigenvalue weighted by atomic mass is 10.2. The first-order valence-electron chi connectivity index (χ1n) is 7.67. The van der Waals surface area contributed by atoms with Gasteiger partial charge in [-0.2, -0.15) is 0 Å². The van der Waals surface area contributed by atoms with Crippen LogP contribution < -0.4 is 15.2 Å². The number of rotatable bonds is 5. The van der Waals surface area contributed by atoms with Crippen molar-refractivity contribution in [1.82, 2.24) is 4.57 Å². The molecule has 3 aromatic rings. The summed E-state index contributed by atoms with van der Waals surface area (Å²) in [6.45, 7) is 3.93. The molecule has 0 saturated carbocycles. The first-order valence-corrected chi connectivity index (χ1v) is 9.15. The van der Waals surface area contributed by atoms with Crippen molar-refractivity contribution in [3.05, 3.63) is 52.5 Å². The summed E-state index contributed by atoms with van der Waals surface area (Å²) in [5, 5.41) is 0. The van der Waals surface area contributed by atoms with Gasteiger partial charge in [0.1, 0.15) is 5.75 Å². The van der Waals surface area contributed by atoms with E-state index in [1.807, 2.05) is 6.92 Å². The van der Waals surface area contributed by atoms with Crippen molar-refractivity contribution in [3.8, 4) is 5.75 Å². The molecule has 0 unspecified atom stereocenters. The molecule has 3 rings (SSSR count). The number of anilines is 1. The summed E-state index contributed by atoms with van der Waals surface area (Å²) in [5.41, 5.74) is 1.65. The van der Waals surface area contributed by atoms with Gasteiger partial charge in [-0.1, -0.05) is 12.1 Å². The molecule has 2 aromatic carbocycles. The molecule has 0 aliphatic heterocycles. The van der Waals surface area contributed by atoms with E-state index in [0.29, 0.717) is 29.1 Å². The molecule has 132 valence electrons. The van der Waals surface area contributed by atoms with Crippen LogP contribution in [0.25, 0.3) is 11.1 Å². The summed E-state index contributed by atoms with van der Waals surface area (Å²) >= 11 is 0. The zero-order valence-corrected chi connectivity index (χ0v) is 14.9. The number of fused-ring (bicyclic) bond motifs is 1. The number of para-hydroxylation sites is 2. The Hall–Kier alpha value is -2.74. The lowest BCUT2D eigenvalue weighted by Crippen LogP contribution is -2.15. The van der Waals surface area contributed by atoms with E-state index in [1.54, 1.807) is 37.3 Å². The Morgan fingerprint density at radius 1 is 1.24 bits per heavy atom. The average Bonchev–Trinajstić information content (AvgIpc) is 2.88. The maximum absolute atomic E-state index is 12.8. The molecule has 0 radical (unpaired) electrons. The highest BCUT2D eigenvalue weighted by molar-refractivity contribution is 7.92. The van der Waals surface area contributed by atoms with Crippen LogP contribution in [0.1, 0.15) is 12.5 Å². The van der Waals surface area contributed by atoms with Gasteiger partial charge in [0.2, 0.25) is 0 Å². The second kappa shape index (κ2) is 6.29. The number of aryl methyl sites for hydroxylation is 2. The quantitative estimate of drug-likeness (QED) is 0.754. The van der Waals surface area contributed by atoms with E-state index in [4.69, 9.17) is 9.15 Å². The molecule has 1 N–H and O–H groups in total. The smallest absolute Gasteiger partial charge is 0.419 e. The van der Waals surface area contributed by atoms with E-state index in [9.17, 15) is 13.2 Å². The highest BCUT2D eigenvalue weighted by Gasteiger charge is 2.21. The topological polar surface area (TPSA) is 90.5 Å². The van der Waals surface area contributed by atoms with Crippen LogP contribution >= 0.6 is 0 Å². The van der Waals surface area contributed by atoms with Gasteiger partial charge in [0, 0.05) is 12.6 Å². The third-order valence-corrected chi connectivity index (χ3v) is 5.43. The number of oxazole rings is 1. The third-order valence-electron chi connectivity index (χ3n) is 3.92. The highest BCUT2D eigenvalue weighted by atomic mass is 32.2. The van der Waals surface area contributed by atoms with Crippen molar-refractivity contribution in [1.29, 1.82) is 0 Å². The molecule has 1 aromatic heterocycles. The molecule has 0 spiro atoms. The zero-order chi connectivity index (χ0) is 18.2. The molecule has 25 heavy (non-hydrogen) atoms. The van der Waals surface area contributed by atoms with E-state index in [2.05, 4.69) is 4.72 Å². The van der Waals surface area contributed by atoms with Crippen molar-refractivity contribution in [2.24, 2.45) is 0 Å². The molecule has 8 heteroatoms. The van der Waals surface area contributed by atoms with Crippen LogP contribution in [-0.2, 0) is 16.6 Å². The van der Waals surface area contributed by atoms with Crippen LogP contribution in [0.2, 0.25) is 0 Å². The first-order chi connectivity index (χ1) is 11.9. The van der Waals surface area contributed by atoms with Crippen molar-refractivity contribution < 1.29 is 17.6 Å². The SMILES string of the molecule is CCn1c(=O)oc2cc(S(=O)(=O)Nc3ccccc3OC)c(C)cc21. The van der Waals surface area contributed by atoms with Crippen LogP contribution in [0.4, 0.5) is 5.69 Å². The number of hydrogen-bond acceptors (Lipinski definition) is 5. The molecule has 0 saturated heterocycles. The van der Waals surface area contributed by atoms with Gasteiger partial charge < -0.3 is 9.15 Å². The zero-order valence-electron chi connectivity index (χ0n) is 14.1. The largest absolute Gasteiger partial charge is 0.495 e. The average molecular weight is 362 g/mol. The Labute approximate surface area is 144 Å². The van der Waals surface area contributed by atoms with E-state index in [-0.39, 0.29) is 10.5 Å². The Bertz CT molecular complexity index is 1100. The van der Waals surface area contributed by atoms with Gasteiger partial charge in [-0.15, -0.1) is 0 Å². The fourth-order valence-corrected chi connectivity index (χ4v) is 4.03. The number of sulfonamides is 1. The van der Waals surface area contributed by atoms with Crippen molar-refractivity contribution in [3.63, 3.8) is 0 Å². The predicted molar refractivity (Wildman–Crippen MR) is 94.7 cm³/mol. The molecule has 7 nitrogen and oxygen atoms in total. The number of benzene rings is 2. The second-order valence-electron chi connectivity index (χ2n) is 5.50. The lowest BCUT2D eigenvalue weighted by molar-refractivity contribution is 0.417. The number of methoxy groups -OCH3 is 1. The number of ether oxygens (including phenoxy) is 1. The molecular weight excluding hydrogens is 344 g/mol. The van der Waals surface area contributed by atoms with E-state index in [1.165, 1.54) is 17.7 Å². The van der Waals surface area contributed by atoms with Gasteiger partial charge in [0.15, 0.2) is 5.58 Å². The van der Waals surface area contributed by atoms with Gasteiger partial charge >= 0.3 is 5.76 Å². The number of nitrogens with zero attached hydrogens (tertiary/aromatic N) is 1. The van der Waals surface area contributed by atoms with Crippen molar-refractivity contribution in [2.75, 3.05) is 11.8 Å². The fourth-order valence-electron chi connectivity index (χ4n) is 2.71. The number of nitrogens with one attached hydrogen (secondary N) is 1. The summed E-state index contributed by atoms with van der Waals surface area (Å²) < 4.78 is 39.9. The molecule has 1 heterocycles. The van der Waals surface area contributed by atoms with E-state index >= 15 is 0 Å². The van der Waals surface area contributed by atoms with Crippen LogP contribution in [0.3, 0.4) is 0 Å². The Balaban J connectivity index is 2.11. The normalized spacial score (nSPS) is 11.6. The minimum Gasteiger partial charge on any atom is -0.495 e. The fraction of sp³-hybridized carbons (Fsp3) is 0.235. The van der Waals surface area contributed by atoms with Crippen molar-refractivity contribution in [2.45, 2.75) is 25.3 Å². The summed E-state index contributed by atoms with van der Waals surface area (Å²) in [7, 11) is -2.41. The molecule has 0 atom stereocenters. The third kappa shape index (κ3) is 3.00. The lowest BCUT2D eigenvalue weighted by Gasteiger charge is -2.13. The van der Waals surface area contributed by atoms with Gasteiger partial charge in [-0.3, -0.25) is 9.29 Å². The van der Waals surface area contributed by atoms with Gasteiger partial charge in [-0.05, 0) is 37.6 Å². The minimum absolute atomic E-state index is 0.0444. The molecule has 0 fully saturated rings. The van der Waals surface area contributed by atoms with Crippen LogP contribution in [0.15, 0.2) is 50.5 Å². The number of hydrogen-bond donors (Lipinski definition) is 1. The highest BCUT2D eigenvalue weighted by Crippen LogP contribution is 2.29. The summed E-state index contributed by atoms with van der Waals surface area (Å²) in [5.74, 6) is -0.0994. The summed E-state index contributed by atoms with van der Waals surface area (Å²) in [4.78, 5) is 11.9. The molecule has 0 aliphatic carbocycles. The Morgan fingerprint density at radius 3 is 2.64 bits per heavy atom. The minimum atomic E-state index is -3.88. The van der Waals surface area contributed by atoms with Gasteiger partial charge in [0.05, 0.1) is 23.2 Å². The van der Waals surface area contributed by atoms with Crippen LogP contribution in [0.5, 0.6) is 5.75 Å². The van der Waals surface area contributed by atoms with Gasteiger partial charge in [0.25, 0.3) is 10.0 Å². The van der Waals surface area contributed by atoms with Crippen LogP contribution in [-0.4, -0.2) is 20.1 Å². The first kappa shape index (κ1) is 17.1. The molecule has 0 bridgehead atoms. The molecule has 0 aliphatic rings. The van der Waals surface area contributed by atoms with Gasteiger partial charge in [-0.25, -0.2) is 13.2 Å². The monoisotopic (exact) mass is 362 g/mol. The summed E-state index contributed by atoms with van der Waals surface area (Å²) in [6.07, 6.45) is 0. The second-order valence-corrected chi connectivity index (χ2v) is 7.15. The standard InChI is InChI=1S/C17H18N2O5S/c1-4-19-13-9-11(2)16(10-15(13)24-17(19)20)25(21,22)18-12-7-5-6-8-14(12)23-3/h5-10,18H,4H2,1-3H3. The van der Waals surface area contributed by atoms with Crippen molar-refractivity contribution >= 4 is 26.8 Å². The summed E-state index contributed by atoms with van der Waals surface area (Å²) in [6, 6.07) is 9.73. The predicted octanol–water partition coefficient (Wildman–Crippen LogP) is 2.73. The Kier molecular flexibility index (Phi) is 4.30.